The van der Waals surface area contributed by atoms with E-state index in [-0.39, 0.29) is 23.4 Å². The first-order valence-corrected chi connectivity index (χ1v) is 8.43. The molecular formula is C19H20N4O6. The number of carbonyl (C=O) groups is 2. The lowest BCUT2D eigenvalue weighted by molar-refractivity contribution is -0.385. The third kappa shape index (κ3) is 5.51. The minimum absolute atomic E-state index is 0.124. The van der Waals surface area contributed by atoms with Crippen molar-refractivity contribution >= 4 is 23.7 Å². The molecule has 2 rings (SSSR count). The predicted octanol–water partition coefficient (Wildman–Crippen LogP) is 1.80. The molecule has 29 heavy (non-hydrogen) atoms. The summed E-state index contributed by atoms with van der Waals surface area (Å²) in [6, 6.07) is 9.26. The van der Waals surface area contributed by atoms with E-state index < -0.39 is 16.7 Å². The van der Waals surface area contributed by atoms with Gasteiger partial charge < -0.3 is 14.8 Å². The number of carbonyl (C=O) groups excluding carboxylic acids is 2. The number of benzene rings is 2. The van der Waals surface area contributed by atoms with Crippen LogP contribution in [0.3, 0.4) is 0 Å². The van der Waals surface area contributed by atoms with Gasteiger partial charge in [0, 0.05) is 28.8 Å². The van der Waals surface area contributed by atoms with Gasteiger partial charge in [0.05, 0.1) is 31.9 Å². The highest BCUT2D eigenvalue weighted by Gasteiger charge is 2.18. The zero-order valence-corrected chi connectivity index (χ0v) is 16.1. The van der Waals surface area contributed by atoms with Gasteiger partial charge in [0.15, 0.2) is 0 Å². The van der Waals surface area contributed by atoms with Gasteiger partial charge in [0.2, 0.25) is 0 Å². The molecule has 0 aliphatic rings. The van der Waals surface area contributed by atoms with Gasteiger partial charge in [0.25, 0.3) is 17.5 Å². The van der Waals surface area contributed by atoms with Crippen LogP contribution in [0.4, 0.5) is 5.69 Å². The van der Waals surface area contributed by atoms with E-state index in [9.17, 15) is 19.7 Å². The Kier molecular flexibility index (Phi) is 7.24. The van der Waals surface area contributed by atoms with E-state index in [2.05, 4.69) is 15.8 Å². The summed E-state index contributed by atoms with van der Waals surface area (Å²) >= 11 is 0. The number of nitrogens with zero attached hydrogens (tertiary/aromatic N) is 2. The van der Waals surface area contributed by atoms with E-state index in [1.807, 2.05) is 0 Å². The Morgan fingerprint density at radius 2 is 1.97 bits per heavy atom. The molecule has 0 spiro atoms. The van der Waals surface area contributed by atoms with Crippen molar-refractivity contribution in [2.24, 2.45) is 5.10 Å². The Morgan fingerprint density at radius 3 is 2.62 bits per heavy atom. The van der Waals surface area contributed by atoms with Gasteiger partial charge in [-0.05, 0) is 25.1 Å². The molecule has 2 aromatic carbocycles. The van der Waals surface area contributed by atoms with Gasteiger partial charge in [0.1, 0.15) is 11.5 Å². The van der Waals surface area contributed by atoms with Crippen molar-refractivity contribution in [2.45, 2.75) is 6.92 Å². The maximum Gasteiger partial charge on any atom is 0.273 e. The van der Waals surface area contributed by atoms with Crippen LogP contribution in [-0.4, -0.2) is 43.7 Å². The zero-order chi connectivity index (χ0) is 21.4. The number of hydrogen-bond acceptors (Lipinski definition) is 7. The van der Waals surface area contributed by atoms with Gasteiger partial charge >= 0.3 is 0 Å². The summed E-state index contributed by atoms with van der Waals surface area (Å²) in [4.78, 5) is 34.5. The highest BCUT2D eigenvalue weighted by Crippen LogP contribution is 2.23. The topological polar surface area (TPSA) is 132 Å². The van der Waals surface area contributed by atoms with E-state index in [1.165, 1.54) is 45.6 Å². The van der Waals surface area contributed by atoms with Crippen LogP contribution in [0.2, 0.25) is 0 Å². The minimum Gasteiger partial charge on any atom is -0.497 e. The number of nitrogens with one attached hydrogen (secondary N) is 2. The number of nitro benzene ring substituents is 1. The molecular weight excluding hydrogens is 380 g/mol. The van der Waals surface area contributed by atoms with Crippen LogP contribution in [0.5, 0.6) is 11.5 Å². The number of ether oxygens (including phenoxy) is 2. The molecule has 152 valence electrons. The maximum atomic E-state index is 12.2. The molecule has 0 saturated heterocycles. The zero-order valence-electron chi connectivity index (χ0n) is 16.1. The van der Waals surface area contributed by atoms with Crippen molar-refractivity contribution in [3.05, 3.63) is 63.2 Å². The maximum absolute atomic E-state index is 12.2. The molecule has 0 fully saturated rings. The lowest BCUT2D eigenvalue weighted by Gasteiger charge is -2.08. The normalized spacial score (nSPS) is 10.4. The molecule has 2 aromatic rings. The first kappa shape index (κ1) is 21.4. The van der Waals surface area contributed by atoms with Crippen molar-refractivity contribution in [1.82, 2.24) is 10.7 Å². The Morgan fingerprint density at radius 1 is 1.21 bits per heavy atom. The second-order valence-corrected chi connectivity index (χ2v) is 5.79. The predicted molar refractivity (Wildman–Crippen MR) is 105 cm³/mol. The quantitative estimate of drug-likeness (QED) is 0.394. The number of amides is 2. The smallest absolute Gasteiger partial charge is 0.273 e. The van der Waals surface area contributed by atoms with Gasteiger partial charge in [-0.2, -0.15) is 5.10 Å². The molecule has 0 aliphatic heterocycles. The molecule has 2 N–H and O–H groups in total. The largest absolute Gasteiger partial charge is 0.497 e. The number of hydrazone groups is 1. The van der Waals surface area contributed by atoms with Crippen molar-refractivity contribution in [1.29, 1.82) is 0 Å². The van der Waals surface area contributed by atoms with Gasteiger partial charge in [-0.1, -0.05) is 6.07 Å². The van der Waals surface area contributed by atoms with Crippen LogP contribution in [-0.2, 0) is 4.79 Å². The SMILES string of the molecule is COc1ccc(/C=N\NC(=O)CNC(=O)c2cccc([N+](=O)[O-])c2C)c(OC)c1. The van der Waals surface area contributed by atoms with E-state index in [1.54, 1.807) is 18.2 Å². The summed E-state index contributed by atoms with van der Waals surface area (Å²) in [6.45, 7) is 1.12. The molecule has 0 radical (unpaired) electrons. The Labute approximate surface area is 166 Å². The highest BCUT2D eigenvalue weighted by molar-refractivity contribution is 5.98. The van der Waals surface area contributed by atoms with Crippen LogP contribution in [0.25, 0.3) is 0 Å². The van der Waals surface area contributed by atoms with Crippen LogP contribution in [0, 0.1) is 17.0 Å². The molecule has 10 heteroatoms. The van der Waals surface area contributed by atoms with Crippen molar-refractivity contribution in [2.75, 3.05) is 20.8 Å². The van der Waals surface area contributed by atoms with E-state index in [0.717, 1.165) is 0 Å². The number of hydrogen-bond donors (Lipinski definition) is 2. The number of nitro groups is 1. The average molecular weight is 400 g/mol. The summed E-state index contributed by atoms with van der Waals surface area (Å²) in [5.41, 5.74) is 3.08. The Bertz CT molecular complexity index is 958. The summed E-state index contributed by atoms with van der Waals surface area (Å²) in [5.74, 6) is -0.0358. The molecule has 0 saturated carbocycles. The fourth-order valence-electron chi connectivity index (χ4n) is 2.46. The molecule has 0 heterocycles. The fourth-order valence-corrected chi connectivity index (χ4v) is 2.46. The molecule has 2 amide bonds. The lowest BCUT2D eigenvalue weighted by atomic mass is 10.1. The Balaban J connectivity index is 1.94. The summed E-state index contributed by atoms with van der Waals surface area (Å²) in [5, 5.41) is 17.2. The van der Waals surface area contributed by atoms with Gasteiger partial charge in [-0.3, -0.25) is 19.7 Å². The van der Waals surface area contributed by atoms with E-state index >= 15 is 0 Å². The van der Waals surface area contributed by atoms with Crippen LogP contribution >= 0.6 is 0 Å². The summed E-state index contributed by atoms with van der Waals surface area (Å²) in [7, 11) is 3.03. The Hall–Kier alpha value is -3.95. The standard InChI is InChI=1S/C19H20N4O6/c1-12-15(5-4-6-16(12)23(26)27)19(25)20-11-18(24)22-21-10-13-7-8-14(28-2)9-17(13)29-3/h4-10H,11H2,1-3H3,(H,20,25)(H,22,24)/b21-10-. The lowest BCUT2D eigenvalue weighted by Crippen LogP contribution is -2.35. The van der Waals surface area contributed by atoms with Crippen LogP contribution < -0.4 is 20.2 Å². The molecule has 0 atom stereocenters. The average Bonchev–Trinajstić information content (AvgIpc) is 2.72. The number of methoxy groups -OCH3 is 2. The van der Waals surface area contributed by atoms with E-state index in [4.69, 9.17) is 9.47 Å². The van der Waals surface area contributed by atoms with Crippen molar-refractivity contribution < 1.29 is 24.0 Å². The first-order valence-electron chi connectivity index (χ1n) is 8.43. The van der Waals surface area contributed by atoms with Gasteiger partial charge in [-0.15, -0.1) is 0 Å². The molecule has 0 aliphatic carbocycles. The van der Waals surface area contributed by atoms with Crippen LogP contribution in [0.1, 0.15) is 21.5 Å². The monoisotopic (exact) mass is 400 g/mol. The molecule has 0 unspecified atom stereocenters. The van der Waals surface area contributed by atoms with E-state index in [0.29, 0.717) is 17.1 Å². The molecule has 0 aromatic heterocycles. The number of rotatable bonds is 8. The van der Waals surface area contributed by atoms with Gasteiger partial charge in [-0.25, -0.2) is 5.43 Å². The highest BCUT2D eigenvalue weighted by atomic mass is 16.6. The minimum atomic E-state index is -0.595. The molecule has 10 nitrogen and oxygen atoms in total. The second-order valence-electron chi connectivity index (χ2n) is 5.79. The second kappa shape index (κ2) is 9.83. The van der Waals surface area contributed by atoms with Crippen LogP contribution in [0.15, 0.2) is 41.5 Å². The summed E-state index contributed by atoms with van der Waals surface area (Å²) in [6.07, 6.45) is 1.39. The molecule has 0 bridgehead atoms. The third-order valence-corrected chi connectivity index (χ3v) is 3.99. The fraction of sp³-hybridized carbons (Fsp3) is 0.211. The van der Waals surface area contributed by atoms with Crippen molar-refractivity contribution in [3.63, 3.8) is 0 Å². The summed E-state index contributed by atoms with van der Waals surface area (Å²) < 4.78 is 10.3. The van der Waals surface area contributed by atoms with Crippen molar-refractivity contribution in [3.8, 4) is 11.5 Å². The third-order valence-electron chi connectivity index (χ3n) is 3.99. The first-order chi connectivity index (χ1) is 13.9.